The van der Waals surface area contributed by atoms with Crippen LogP contribution in [0.25, 0.3) is 0 Å². The molecule has 2 heterocycles. The minimum atomic E-state index is -0.0240. The van der Waals surface area contributed by atoms with E-state index in [4.69, 9.17) is 4.74 Å². The highest BCUT2D eigenvalue weighted by Crippen LogP contribution is 2.28. The van der Waals surface area contributed by atoms with E-state index in [0.29, 0.717) is 19.6 Å². The number of carbonyl (C=O) groups excluding carboxylic acids is 2. The highest BCUT2D eigenvalue weighted by atomic mass is 16.5. The number of rotatable bonds is 4. The molecule has 2 aliphatic heterocycles. The van der Waals surface area contributed by atoms with Crippen LogP contribution in [-0.4, -0.2) is 56.1 Å². The molecule has 2 aliphatic rings. The van der Waals surface area contributed by atoms with Crippen LogP contribution in [-0.2, 0) is 27.3 Å². The van der Waals surface area contributed by atoms with Crippen LogP contribution in [0.2, 0.25) is 0 Å². The van der Waals surface area contributed by atoms with E-state index in [1.165, 1.54) is 18.1 Å². The summed E-state index contributed by atoms with van der Waals surface area (Å²) in [6, 6.07) is 6.37. The lowest BCUT2D eigenvalue weighted by atomic mass is 9.99. The number of anilines is 1. The minimum Gasteiger partial charge on any atom is -0.374 e. The molecule has 1 aromatic rings. The van der Waals surface area contributed by atoms with Crippen molar-refractivity contribution in [1.82, 2.24) is 10.2 Å². The van der Waals surface area contributed by atoms with E-state index in [1.807, 2.05) is 7.05 Å². The zero-order chi connectivity index (χ0) is 17.1. The molecule has 1 N–H and O–H groups in total. The van der Waals surface area contributed by atoms with E-state index in [-0.39, 0.29) is 17.9 Å². The average molecular weight is 331 g/mol. The van der Waals surface area contributed by atoms with Crippen molar-refractivity contribution in [2.75, 3.05) is 38.2 Å². The largest absolute Gasteiger partial charge is 0.374 e. The summed E-state index contributed by atoms with van der Waals surface area (Å²) in [6.45, 7) is 5.34. The Balaban J connectivity index is 1.61. The van der Waals surface area contributed by atoms with Gasteiger partial charge in [-0.25, -0.2) is 0 Å². The van der Waals surface area contributed by atoms with E-state index >= 15 is 0 Å². The van der Waals surface area contributed by atoms with Gasteiger partial charge >= 0.3 is 0 Å². The third-order valence-corrected chi connectivity index (χ3v) is 4.70. The Morgan fingerprint density at radius 1 is 1.38 bits per heavy atom. The fourth-order valence-corrected chi connectivity index (χ4v) is 3.37. The minimum absolute atomic E-state index is 0.0240. The smallest absolute Gasteiger partial charge is 0.227 e. The predicted octanol–water partition coefficient (Wildman–Crippen LogP) is 0.932. The number of aryl methyl sites for hydroxylation is 1. The maximum Gasteiger partial charge on any atom is 0.227 e. The number of carbonyl (C=O) groups is 2. The summed E-state index contributed by atoms with van der Waals surface area (Å²) in [6.07, 6.45) is 1.45. The van der Waals surface area contributed by atoms with Crippen molar-refractivity contribution in [1.29, 1.82) is 0 Å². The van der Waals surface area contributed by atoms with Gasteiger partial charge in [0.05, 0.1) is 12.7 Å². The number of morpholine rings is 1. The van der Waals surface area contributed by atoms with Gasteiger partial charge in [0, 0.05) is 52.3 Å². The molecule has 24 heavy (non-hydrogen) atoms. The Hall–Kier alpha value is -1.92. The van der Waals surface area contributed by atoms with Crippen LogP contribution in [0.5, 0.6) is 0 Å². The summed E-state index contributed by atoms with van der Waals surface area (Å²) in [5, 5.41) is 2.82. The maximum absolute atomic E-state index is 11.8. The summed E-state index contributed by atoms with van der Waals surface area (Å²) >= 11 is 0. The van der Waals surface area contributed by atoms with Crippen molar-refractivity contribution in [2.45, 2.75) is 32.4 Å². The van der Waals surface area contributed by atoms with Crippen LogP contribution in [0, 0.1) is 0 Å². The molecule has 0 aliphatic carbocycles. The molecule has 6 heteroatoms. The van der Waals surface area contributed by atoms with Gasteiger partial charge < -0.3 is 15.0 Å². The number of hydrogen-bond donors (Lipinski definition) is 1. The Kier molecular flexibility index (Phi) is 5.16. The van der Waals surface area contributed by atoms with Gasteiger partial charge in [-0.1, -0.05) is 12.1 Å². The fourth-order valence-electron chi connectivity index (χ4n) is 3.37. The van der Waals surface area contributed by atoms with Crippen LogP contribution in [0.15, 0.2) is 18.2 Å². The first kappa shape index (κ1) is 16.9. The molecule has 1 fully saturated rings. The van der Waals surface area contributed by atoms with Gasteiger partial charge in [0.15, 0.2) is 0 Å². The second kappa shape index (κ2) is 7.32. The molecule has 0 aromatic heterocycles. The standard InChI is InChI=1S/C18H25N3O3/c1-13(22)19-10-16-12-21(7-8-24-16)11-14-3-5-17-15(9-14)4-6-18(23)20(17)2/h3,5,9,16H,4,6-8,10-12H2,1-2H3,(H,19,22). The fraction of sp³-hybridized carbons (Fsp3) is 0.556. The highest BCUT2D eigenvalue weighted by molar-refractivity contribution is 5.95. The van der Waals surface area contributed by atoms with Gasteiger partial charge in [-0.15, -0.1) is 0 Å². The average Bonchev–Trinajstić information content (AvgIpc) is 2.57. The second-order valence-corrected chi connectivity index (χ2v) is 6.58. The van der Waals surface area contributed by atoms with Crippen LogP contribution in [0.4, 0.5) is 5.69 Å². The summed E-state index contributed by atoms with van der Waals surface area (Å²) in [5.41, 5.74) is 3.54. The molecule has 1 aromatic carbocycles. The number of hydrogen-bond acceptors (Lipinski definition) is 4. The summed E-state index contributed by atoms with van der Waals surface area (Å²) in [4.78, 5) is 26.9. The first-order valence-electron chi connectivity index (χ1n) is 8.49. The number of benzene rings is 1. The molecule has 1 atom stereocenters. The Bertz CT molecular complexity index is 632. The van der Waals surface area contributed by atoms with Crippen molar-refractivity contribution < 1.29 is 14.3 Å². The van der Waals surface area contributed by atoms with E-state index in [0.717, 1.165) is 31.7 Å². The lowest BCUT2D eigenvalue weighted by Gasteiger charge is -2.33. The Morgan fingerprint density at radius 3 is 3.00 bits per heavy atom. The van der Waals surface area contributed by atoms with Crippen LogP contribution >= 0.6 is 0 Å². The molecule has 3 rings (SSSR count). The van der Waals surface area contributed by atoms with E-state index in [2.05, 4.69) is 28.4 Å². The van der Waals surface area contributed by atoms with Crippen LogP contribution in [0.3, 0.4) is 0 Å². The van der Waals surface area contributed by atoms with Gasteiger partial charge in [-0.3, -0.25) is 14.5 Å². The third kappa shape index (κ3) is 3.94. The number of amides is 2. The molecule has 0 bridgehead atoms. The van der Waals surface area contributed by atoms with Crippen molar-refractivity contribution in [2.24, 2.45) is 0 Å². The molecule has 1 saturated heterocycles. The van der Waals surface area contributed by atoms with Gasteiger partial charge in [0.2, 0.25) is 11.8 Å². The molecule has 0 saturated carbocycles. The summed E-state index contributed by atoms with van der Waals surface area (Å²) in [5.74, 6) is 0.160. The number of ether oxygens (including phenoxy) is 1. The molecule has 2 amide bonds. The monoisotopic (exact) mass is 331 g/mol. The topological polar surface area (TPSA) is 61.9 Å². The Labute approximate surface area is 142 Å². The predicted molar refractivity (Wildman–Crippen MR) is 91.9 cm³/mol. The van der Waals surface area contributed by atoms with Crippen LogP contribution < -0.4 is 10.2 Å². The van der Waals surface area contributed by atoms with E-state index < -0.39 is 0 Å². The summed E-state index contributed by atoms with van der Waals surface area (Å²) < 4.78 is 5.71. The zero-order valence-corrected chi connectivity index (χ0v) is 14.4. The zero-order valence-electron chi connectivity index (χ0n) is 14.4. The number of fused-ring (bicyclic) bond motifs is 1. The summed E-state index contributed by atoms with van der Waals surface area (Å²) in [7, 11) is 1.84. The van der Waals surface area contributed by atoms with Crippen molar-refractivity contribution in [3.63, 3.8) is 0 Å². The van der Waals surface area contributed by atoms with Gasteiger partial charge in [-0.05, 0) is 23.6 Å². The van der Waals surface area contributed by atoms with Gasteiger partial charge in [0.25, 0.3) is 0 Å². The van der Waals surface area contributed by atoms with Crippen molar-refractivity contribution in [3.8, 4) is 0 Å². The Morgan fingerprint density at radius 2 is 2.21 bits per heavy atom. The third-order valence-electron chi connectivity index (χ3n) is 4.70. The van der Waals surface area contributed by atoms with E-state index in [1.54, 1.807) is 4.90 Å². The second-order valence-electron chi connectivity index (χ2n) is 6.58. The first-order valence-corrected chi connectivity index (χ1v) is 8.49. The molecule has 130 valence electrons. The molecule has 6 nitrogen and oxygen atoms in total. The van der Waals surface area contributed by atoms with Gasteiger partial charge in [0.1, 0.15) is 0 Å². The highest BCUT2D eigenvalue weighted by Gasteiger charge is 2.23. The molecule has 1 unspecified atom stereocenters. The molecule has 0 radical (unpaired) electrons. The maximum atomic E-state index is 11.8. The lowest BCUT2D eigenvalue weighted by Crippen LogP contribution is -2.46. The normalized spacial score (nSPS) is 21.5. The first-order chi connectivity index (χ1) is 11.5. The van der Waals surface area contributed by atoms with Gasteiger partial charge in [-0.2, -0.15) is 0 Å². The molecular formula is C18H25N3O3. The number of nitrogens with zero attached hydrogens (tertiary/aromatic N) is 2. The SMILES string of the molecule is CC(=O)NCC1CN(Cc2ccc3c(c2)CCC(=O)N3C)CCO1. The lowest BCUT2D eigenvalue weighted by molar-refractivity contribution is -0.120. The van der Waals surface area contributed by atoms with Crippen LogP contribution in [0.1, 0.15) is 24.5 Å². The molecule has 0 spiro atoms. The van der Waals surface area contributed by atoms with Crippen molar-refractivity contribution >= 4 is 17.5 Å². The number of nitrogens with one attached hydrogen (secondary N) is 1. The van der Waals surface area contributed by atoms with Crippen molar-refractivity contribution in [3.05, 3.63) is 29.3 Å². The quantitative estimate of drug-likeness (QED) is 0.892. The molecular weight excluding hydrogens is 306 g/mol. The van der Waals surface area contributed by atoms with E-state index in [9.17, 15) is 9.59 Å².